The molecule has 1 N–H and O–H groups in total. The molecular weight excluding hydrogens is 364 g/mol. The summed E-state index contributed by atoms with van der Waals surface area (Å²) in [7, 11) is 1.62. The van der Waals surface area contributed by atoms with Crippen molar-refractivity contribution in [3.05, 3.63) is 77.5 Å². The molecule has 0 radical (unpaired) electrons. The normalized spacial score (nSPS) is 11.6. The number of carbonyl (C=O) groups is 1. The van der Waals surface area contributed by atoms with E-state index in [9.17, 15) is 4.79 Å². The lowest BCUT2D eigenvalue weighted by atomic mass is 10.1. The quantitative estimate of drug-likeness (QED) is 0.637. The average molecular weight is 390 g/mol. The van der Waals surface area contributed by atoms with Gasteiger partial charge in [0.05, 0.1) is 13.2 Å². The number of aromatic nitrogens is 2. The Morgan fingerprint density at radius 3 is 2.59 bits per heavy atom. The Morgan fingerprint density at radius 2 is 1.93 bits per heavy atom. The van der Waals surface area contributed by atoms with E-state index in [0.717, 1.165) is 16.9 Å². The standard InChI is InChI=1S/C23H26N4O2/c1-5-27(22(28)19-11-12-20(29-4)16(2)15-19)21-13-14-24-23(26-21)25-17(3)18-9-7-6-8-10-18/h6-15,17H,5H2,1-4H3,(H,24,25,26)/t17-/m0/s1. The van der Waals surface area contributed by atoms with Crippen molar-refractivity contribution in [2.24, 2.45) is 0 Å². The number of anilines is 2. The lowest BCUT2D eigenvalue weighted by molar-refractivity contribution is 0.0987. The predicted molar refractivity (Wildman–Crippen MR) is 116 cm³/mol. The van der Waals surface area contributed by atoms with Crippen molar-refractivity contribution < 1.29 is 9.53 Å². The first-order valence-electron chi connectivity index (χ1n) is 9.64. The van der Waals surface area contributed by atoms with Gasteiger partial charge in [0, 0.05) is 18.3 Å². The SMILES string of the molecule is CCN(C(=O)c1ccc(OC)c(C)c1)c1ccnc(N[C@@H](C)c2ccccc2)n1. The van der Waals surface area contributed by atoms with E-state index in [1.165, 1.54) is 0 Å². The maximum atomic E-state index is 13.1. The number of hydrogen-bond donors (Lipinski definition) is 1. The molecule has 150 valence electrons. The van der Waals surface area contributed by atoms with Gasteiger partial charge in [0.2, 0.25) is 5.95 Å². The Morgan fingerprint density at radius 1 is 1.17 bits per heavy atom. The molecule has 0 aliphatic heterocycles. The van der Waals surface area contributed by atoms with Crippen LogP contribution < -0.4 is 15.0 Å². The van der Waals surface area contributed by atoms with Crippen molar-refractivity contribution in [3.63, 3.8) is 0 Å². The minimum Gasteiger partial charge on any atom is -0.496 e. The number of carbonyl (C=O) groups excluding carboxylic acids is 1. The van der Waals surface area contributed by atoms with Crippen molar-refractivity contribution in [1.82, 2.24) is 9.97 Å². The zero-order valence-electron chi connectivity index (χ0n) is 17.2. The lowest BCUT2D eigenvalue weighted by Crippen LogP contribution is -2.31. The largest absolute Gasteiger partial charge is 0.496 e. The summed E-state index contributed by atoms with van der Waals surface area (Å²) in [5, 5.41) is 3.30. The molecule has 0 aliphatic rings. The van der Waals surface area contributed by atoms with Gasteiger partial charge in [-0.3, -0.25) is 9.69 Å². The summed E-state index contributed by atoms with van der Waals surface area (Å²) >= 11 is 0. The van der Waals surface area contributed by atoms with Crippen LogP contribution in [0, 0.1) is 6.92 Å². The molecule has 0 bridgehead atoms. The van der Waals surface area contributed by atoms with Crippen LogP contribution >= 0.6 is 0 Å². The number of aryl methyl sites for hydroxylation is 1. The topological polar surface area (TPSA) is 67.4 Å². The number of hydrogen-bond acceptors (Lipinski definition) is 5. The summed E-state index contributed by atoms with van der Waals surface area (Å²) < 4.78 is 5.29. The Bertz CT molecular complexity index is 976. The number of ether oxygens (including phenoxy) is 1. The van der Waals surface area contributed by atoms with Crippen LogP contribution in [0.1, 0.15) is 41.4 Å². The first kappa shape index (κ1) is 20.3. The smallest absolute Gasteiger partial charge is 0.259 e. The highest BCUT2D eigenvalue weighted by atomic mass is 16.5. The van der Waals surface area contributed by atoms with Crippen LogP contribution in [0.25, 0.3) is 0 Å². The van der Waals surface area contributed by atoms with Crippen molar-refractivity contribution in [2.75, 3.05) is 23.9 Å². The second-order valence-corrected chi connectivity index (χ2v) is 6.75. The highest BCUT2D eigenvalue weighted by molar-refractivity contribution is 6.05. The average Bonchev–Trinajstić information content (AvgIpc) is 2.75. The third-order valence-electron chi connectivity index (χ3n) is 4.77. The van der Waals surface area contributed by atoms with E-state index in [1.54, 1.807) is 30.3 Å². The molecule has 0 saturated heterocycles. The van der Waals surface area contributed by atoms with Crippen LogP contribution in [0.5, 0.6) is 5.75 Å². The molecule has 3 rings (SSSR count). The third-order valence-corrected chi connectivity index (χ3v) is 4.77. The van der Waals surface area contributed by atoms with Gasteiger partial charge in [-0.1, -0.05) is 30.3 Å². The van der Waals surface area contributed by atoms with Crippen LogP contribution in [0.15, 0.2) is 60.8 Å². The highest BCUT2D eigenvalue weighted by Crippen LogP contribution is 2.22. The molecule has 2 aromatic carbocycles. The summed E-state index contributed by atoms with van der Waals surface area (Å²) in [6.07, 6.45) is 1.66. The number of benzene rings is 2. The van der Waals surface area contributed by atoms with Gasteiger partial charge in [-0.25, -0.2) is 4.98 Å². The van der Waals surface area contributed by atoms with Crippen molar-refractivity contribution >= 4 is 17.7 Å². The van der Waals surface area contributed by atoms with Crippen LogP contribution in [0.2, 0.25) is 0 Å². The van der Waals surface area contributed by atoms with Gasteiger partial charge in [-0.05, 0) is 56.2 Å². The van der Waals surface area contributed by atoms with E-state index in [1.807, 2.05) is 51.1 Å². The van der Waals surface area contributed by atoms with E-state index < -0.39 is 0 Å². The molecule has 1 amide bonds. The zero-order valence-corrected chi connectivity index (χ0v) is 17.2. The van der Waals surface area contributed by atoms with Gasteiger partial charge in [-0.2, -0.15) is 4.98 Å². The first-order chi connectivity index (χ1) is 14.0. The fourth-order valence-electron chi connectivity index (χ4n) is 3.16. The number of rotatable bonds is 7. The fourth-order valence-corrected chi connectivity index (χ4v) is 3.16. The highest BCUT2D eigenvalue weighted by Gasteiger charge is 2.19. The van der Waals surface area contributed by atoms with Crippen LogP contribution in [0.4, 0.5) is 11.8 Å². The Labute approximate surface area is 171 Å². The minimum absolute atomic E-state index is 0.0430. The summed E-state index contributed by atoms with van der Waals surface area (Å²) in [6.45, 7) is 6.39. The fraction of sp³-hybridized carbons (Fsp3) is 0.261. The van der Waals surface area contributed by atoms with Gasteiger partial charge in [0.15, 0.2) is 0 Å². The number of amides is 1. The van der Waals surface area contributed by atoms with Crippen molar-refractivity contribution in [2.45, 2.75) is 26.8 Å². The number of methoxy groups -OCH3 is 1. The summed E-state index contributed by atoms with van der Waals surface area (Å²) in [5.74, 6) is 1.69. The number of nitrogens with one attached hydrogen (secondary N) is 1. The summed E-state index contributed by atoms with van der Waals surface area (Å²) in [5.41, 5.74) is 2.64. The van der Waals surface area contributed by atoms with Gasteiger partial charge in [0.25, 0.3) is 5.91 Å². The van der Waals surface area contributed by atoms with Crippen LogP contribution in [-0.4, -0.2) is 29.5 Å². The molecule has 6 nitrogen and oxygen atoms in total. The summed E-state index contributed by atoms with van der Waals surface area (Å²) in [6, 6.07) is 17.3. The molecule has 1 atom stereocenters. The molecule has 0 saturated carbocycles. The Balaban J connectivity index is 1.82. The van der Waals surface area contributed by atoms with Crippen molar-refractivity contribution in [3.8, 4) is 5.75 Å². The molecule has 1 aromatic heterocycles. The second kappa shape index (κ2) is 9.19. The third kappa shape index (κ3) is 4.71. The van der Waals surface area contributed by atoms with E-state index in [0.29, 0.717) is 23.9 Å². The Kier molecular flexibility index (Phi) is 6.44. The van der Waals surface area contributed by atoms with E-state index in [2.05, 4.69) is 27.4 Å². The van der Waals surface area contributed by atoms with Gasteiger partial charge < -0.3 is 10.1 Å². The molecule has 0 spiro atoms. The second-order valence-electron chi connectivity index (χ2n) is 6.75. The molecule has 1 heterocycles. The summed E-state index contributed by atoms with van der Waals surface area (Å²) in [4.78, 5) is 23.6. The molecular formula is C23H26N4O2. The molecule has 29 heavy (non-hydrogen) atoms. The molecule has 0 unspecified atom stereocenters. The van der Waals surface area contributed by atoms with Crippen molar-refractivity contribution in [1.29, 1.82) is 0 Å². The van der Waals surface area contributed by atoms with Gasteiger partial charge in [-0.15, -0.1) is 0 Å². The monoisotopic (exact) mass is 390 g/mol. The van der Waals surface area contributed by atoms with Gasteiger partial charge in [0.1, 0.15) is 11.6 Å². The zero-order chi connectivity index (χ0) is 20.8. The van der Waals surface area contributed by atoms with Crippen LogP contribution in [-0.2, 0) is 0 Å². The molecule has 6 heteroatoms. The Hall–Kier alpha value is -3.41. The lowest BCUT2D eigenvalue weighted by Gasteiger charge is -2.21. The van der Waals surface area contributed by atoms with E-state index in [4.69, 9.17) is 4.74 Å². The molecule has 0 aliphatic carbocycles. The molecule has 3 aromatic rings. The van der Waals surface area contributed by atoms with Crippen LogP contribution in [0.3, 0.4) is 0 Å². The van der Waals surface area contributed by atoms with E-state index >= 15 is 0 Å². The molecule has 0 fully saturated rings. The first-order valence-corrected chi connectivity index (χ1v) is 9.64. The maximum absolute atomic E-state index is 13.1. The maximum Gasteiger partial charge on any atom is 0.259 e. The minimum atomic E-state index is -0.112. The van der Waals surface area contributed by atoms with Gasteiger partial charge >= 0.3 is 0 Å². The number of nitrogens with zero attached hydrogens (tertiary/aromatic N) is 3. The predicted octanol–water partition coefficient (Wildman–Crippen LogP) is 4.63. The van der Waals surface area contributed by atoms with E-state index in [-0.39, 0.29) is 11.9 Å².